The zero-order valence-electron chi connectivity index (χ0n) is 10.3. The van der Waals surface area contributed by atoms with Crippen LogP contribution in [-0.2, 0) is 11.0 Å². The Bertz CT molecular complexity index is 576. The zero-order chi connectivity index (χ0) is 15.7. The Morgan fingerprint density at radius 1 is 1.45 bits per heavy atom. The normalized spacial score (nSPS) is 16.1. The maximum Gasteiger partial charge on any atom is 0.417 e. The molecule has 0 radical (unpaired) electrons. The molecule has 1 amide bonds. The third kappa shape index (κ3) is 2.89. The predicted molar refractivity (Wildman–Crippen MR) is 60.9 cm³/mol. The van der Waals surface area contributed by atoms with E-state index in [0.717, 1.165) is 19.1 Å². The monoisotopic (exact) mass is 288 g/mol. The molecule has 1 aromatic rings. The summed E-state index contributed by atoms with van der Waals surface area (Å²) in [7, 11) is 0. The van der Waals surface area contributed by atoms with E-state index in [4.69, 9.17) is 11.0 Å². The Hall–Kier alpha value is -2.11. The molecule has 0 saturated heterocycles. The van der Waals surface area contributed by atoms with Crippen molar-refractivity contribution in [1.82, 2.24) is 0 Å². The van der Waals surface area contributed by atoms with Gasteiger partial charge >= 0.3 is 6.18 Å². The van der Waals surface area contributed by atoms with Gasteiger partial charge in [-0.1, -0.05) is 6.07 Å². The highest BCUT2D eigenvalue weighted by Gasteiger charge is 2.40. The number of primary amides is 1. The summed E-state index contributed by atoms with van der Waals surface area (Å²) in [4.78, 5) is 11.0. The van der Waals surface area contributed by atoms with Crippen LogP contribution in [0.3, 0.4) is 0 Å². The summed E-state index contributed by atoms with van der Waals surface area (Å²) >= 11 is 0. The van der Waals surface area contributed by atoms with Gasteiger partial charge in [0.2, 0.25) is 0 Å². The largest absolute Gasteiger partial charge is 0.417 e. The molecule has 2 atom stereocenters. The molecule has 4 N–H and O–H groups in total. The number of aliphatic hydroxyl groups is 2. The van der Waals surface area contributed by atoms with Crippen LogP contribution < -0.4 is 5.73 Å². The number of benzene rings is 1. The Morgan fingerprint density at radius 2 is 2.00 bits per heavy atom. The van der Waals surface area contributed by atoms with E-state index in [1.807, 2.05) is 0 Å². The fourth-order valence-corrected chi connectivity index (χ4v) is 1.52. The Labute approximate surface area is 112 Å². The predicted octanol–water partition coefficient (Wildman–Crippen LogP) is 0.847. The van der Waals surface area contributed by atoms with E-state index in [1.54, 1.807) is 0 Å². The molecule has 0 fully saturated rings. The minimum atomic E-state index is -4.81. The van der Waals surface area contributed by atoms with E-state index < -0.39 is 34.9 Å². The molecular formula is C12H11F3N2O3. The van der Waals surface area contributed by atoms with Crippen LogP contribution in [0.2, 0.25) is 0 Å². The van der Waals surface area contributed by atoms with Gasteiger partial charge in [-0.2, -0.15) is 18.4 Å². The van der Waals surface area contributed by atoms with Gasteiger partial charge in [0.05, 0.1) is 17.2 Å². The molecule has 2 unspecified atom stereocenters. The second kappa shape index (κ2) is 5.11. The Morgan fingerprint density at radius 3 is 2.40 bits per heavy atom. The number of hydrogen-bond acceptors (Lipinski definition) is 4. The molecule has 1 rings (SSSR count). The van der Waals surface area contributed by atoms with Gasteiger partial charge in [-0.05, 0) is 24.6 Å². The van der Waals surface area contributed by atoms with Gasteiger partial charge in [-0.3, -0.25) is 4.79 Å². The molecule has 20 heavy (non-hydrogen) atoms. The van der Waals surface area contributed by atoms with E-state index in [1.165, 1.54) is 6.07 Å². The molecule has 0 spiro atoms. The van der Waals surface area contributed by atoms with E-state index >= 15 is 0 Å². The van der Waals surface area contributed by atoms with Crippen LogP contribution >= 0.6 is 0 Å². The third-order valence-electron chi connectivity index (χ3n) is 2.82. The summed E-state index contributed by atoms with van der Waals surface area (Å²) < 4.78 is 38.2. The van der Waals surface area contributed by atoms with Gasteiger partial charge in [0.1, 0.15) is 6.10 Å². The molecule has 1 aromatic carbocycles. The number of rotatable bonds is 3. The average molecular weight is 288 g/mol. The van der Waals surface area contributed by atoms with E-state index in [2.05, 4.69) is 0 Å². The lowest BCUT2D eigenvalue weighted by Crippen LogP contribution is -2.46. The number of carbonyl (C=O) groups is 1. The first-order valence-electron chi connectivity index (χ1n) is 5.33. The van der Waals surface area contributed by atoms with Crippen molar-refractivity contribution < 1.29 is 28.2 Å². The number of halogens is 3. The molecule has 0 heterocycles. The number of hydrogen-bond donors (Lipinski definition) is 3. The second-order valence-electron chi connectivity index (χ2n) is 4.33. The molecule has 0 aromatic heterocycles. The lowest BCUT2D eigenvalue weighted by Gasteiger charge is -2.26. The summed E-state index contributed by atoms with van der Waals surface area (Å²) in [6.45, 7) is 0.880. The molecule has 0 bridgehead atoms. The molecule has 0 aliphatic carbocycles. The topological polar surface area (TPSA) is 107 Å². The summed E-state index contributed by atoms with van der Waals surface area (Å²) in [5, 5.41) is 28.1. The first-order valence-corrected chi connectivity index (χ1v) is 5.33. The second-order valence-corrected chi connectivity index (χ2v) is 4.33. The van der Waals surface area contributed by atoms with Crippen LogP contribution in [0.25, 0.3) is 0 Å². The zero-order valence-corrected chi connectivity index (χ0v) is 10.3. The van der Waals surface area contributed by atoms with Crippen LogP contribution in [0.5, 0.6) is 0 Å². The number of carbonyl (C=O) groups excluding carboxylic acids is 1. The highest BCUT2D eigenvalue weighted by molar-refractivity contribution is 5.83. The number of nitrogens with zero attached hydrogens (tertiary/aromatic N) is 1. The highest BCUT2D eigenvalue weighted by atomic mass is 19.4. The van der Waals surface area contributed by atoms with Gasteiger partial charge in [0.25, 0.3) is 5.91 Å². The lowest BCUT2D eigenvalue weighted by molar-refractivity contribution is -0.147. The molecular weight excluding hydrogens is 277 g/mol. The van der Waals surface area contributed by atoms with Crippen LogP contribution in [0.1, 0.15) is 29.7 Å². The van der Waals surface area contributed by atoms with E-state index in [-0.39, 0.29) is 5.56 Å². The number of alkyl halides is 3. The van der Waals surface area contributed by atoms with Crippen molar-refractivity contribution in [2.45, 2.75) is 24.8 Å². The van der Waals surface area contributed by atoms with Gasteiger partial charge < -0.3 is 15.9 Å². The standard InChI is InChI=1S/C12H11F3N2O3/c1-11(20,10(17)19)9(18)6-2-3-7(5-16)8(4-6)12(13,14)15/h2-4,9,18,20H,1H3,(H2,17,19). The number of nitrogens with two attached hydrogens (primary N) is 1. The smallest absolute Gasteiger partial charge is 0.385 e. The fourth-order valence-electron chi connectivity index (χ4n) is 1.52. The minimum Gasteiger partial charge on any atom is -0.385 e. The van der Waals surface area contributed by atoms with Crippen molar-refractivity contribution >= 4 is 5.91 Å². The SMILES string of the molecule is CC(O)(C(N)=O)C(O)c1ccc(C#N)c(C(F)(F)F)c1. The van der Waals surface area contributed by atoms with Crippen molar-refractivity contribution in [3.63, 3.8) is 0 Å². The molecule has 108 valence electrons. The third-order valence-corrected chi connectivity index (χ3v) is 2.82. The molecule has 0 aliphatic heterocycles. The first kappa shape index (κ1) is 15.9. The minimum absolute atomic E-state index is 0.375. The first-order chi connectivity index (χ1) is 9.01. The summed E-state index contributed by atoms with van der Waals surface area (Å²) in [5.74, 6) is -1.29. The number of aliphatic hydroxyl groups excluding tert-OH is 1. The molecule has 0 saturated carbocycles. The number of nitriles is 1. The van der Waals surface area contributed by atoms with Crippen LogP contribution in [0.15, 0.2) is 18.2 Å². The molecule has 8 heteroatoms. The summed E-state index contributed by atoms with van der Waals surface area (Å²) in [6.07, 6.45) is -6.76. The van der Waals surface area contributed by atoms with Gasteiger partial charge in [0.15, 0.2) is 5.60 Å². The average Bonchev–Trinajstić information content (AvgIpc) is 2.35. The maximum absolute atomic E-state index is 12.7. The summed E-state index contributed by atoms with van der Waals surface area (Å²) in [5.41, 5.74) is 0.157. The van der Waals surface area contributed by atoms with Gasteiger partial charge in [0, 0.05) is 0 Å². The van der Waals surface area contributed by atoms with Gasteiger partial charge in [-0.25, -0.2) is 0 Å². The molecule has 0 aliphatic rings. The van der Waals surface area contributed by atoms with Crippen molar-refractivity contribution in [1.29, 1.82) is 5.26 Å². The Kier molecular flexibility index (Phi) is 4.07. The van der Waals surface area contributed by atoms with Crippen molar-refractivity contribution in [2.75, 3.05) is 0 Å². The molecule has 5 nitrogen and oxygen atoms in total. The fraction of sp³-hybridized carbons (Fsp3) is 0.333. The van der Waals surface area contributed by atoms with E-state index in [9.17, 15) is 28.2 Å². The lowest BCUT2D eigenvalue weighted by atomic mass is 9.90. The van der Waals surface area contributed by atoms with Gasteiger partial charge in [-0.15, -0.1) is 0 Å². The Balaban J connectivity index is 3.37. The number of amides is 1. The van der Waals surface area contributed by atoms with Crippen molar-refractivity contribution in [2.24, 2.45) is 5.73 Å². The van der Waals surface area contributed by atoms with Crippen molar-refractivity contribution in [3.8, 4) is 6.07 Å². The van der Waals surface area contributed by atoms with Crippen LogP contribution in [0, 0.1) is 11.3 Å². The van der Waals surface area contributed by atoms with Crippen LogP contribution in [0.4, 0.5) is 13.2 Å². The van der Waals surface area contributed by atoms with Crippen LogP contribution in [-0.4, -0.2) is 21.7 Å². The van der Waals surface area contributed by atoms with Crippen molar-refractivity contribution in [3.05, 3.63) is 34.9 Å². The maximum atomic E-state index is 12.7. The van der Waals surface area contributed by atoms with E-state index in [0.29, 0.717) is 6.07 Å². The quantitative estimate of drug-likeness (QED) is 0.766. The highest BCUT2D eigenvalue weighted by Crippen LogP contribution is 2.35. The summed E-state index contributed by atoms with van der Waals surface area (Å²) in [6, 6.07) is 3.73.